The fourth-order valence-corrected chi connectivity index (χ4v) is 5.44. The third-order valence-electron chi connectivity index (χ3n) is 6.36. The van der Waals surface area contributed by atoms with Crippen molar-refractivity contribution in [3.63, 3.8) is 0 Å². The average Bonchev–Trinajstić information content (AvgIpc) is 3.36. The van der Waals surface area contributed by atoms with Gasteiger partial charge in [0.05, 0.1) is 40.9 Å². The molecule has 1 atom stereocenters. The highest BCUT2D eigenvalue weighted by molar-refractivity contribution is 8.16. The second kappa shape index (κ2) is 12.0. The van der Waals surface area contributed by atoms with E-state index in [0.717, 1.165) is 11.3 Å². The number of ether oxygens (including phenoxy) is 1. The number of thioether (sulfide) groups is 1. The molecule has 2 aliphatic rings. The summed E-state index contributed by atoms with van der Waals surface area (Å²) in [5, 5.41) is 16.8. The number of amidine groups is 1. The second-order valence-corrected chi connectivity index (χ2v) is 9.92. The Hall–Kier alpha value is -4.77. The van der Waals surface area contributed by atoms with E-state index in [-0.39, 0.29) is 36.7 Å². The summed E-state index contributed by atoms with van der Waals surface area (Å²) in [7, 11) is 0. The maximum Gasteiger partial charge on any atom is 0.338 e. The summed E-state index contributed by atoms with van der Waals surface area (Å²) in [6.07, 6.45) is 1.67. The molecule has 2 aromatic carbocycles. The molecule has 1 aromatic heterocycles. The zero-order chi connectivity index (χ0) is 28.1. The number of allylic oxidation sites excluding steroid dienone is 1. The number of amides is 1. The number of non-ortho nitro benzene ring substituents is 1. The van der Waals surface area contributed by atoms with E-state index in [1.54, 1.807) is 36.2 Å². The van der Waals surface area contributed by atoms with Gasteiger partial charge in [-0.15, -0.1) is 0 Å². The molecule has 0 aliphatic carbocycles. The van der Waals surface area contributed by atoms with Gasteiger partial charge >= 0.3 is 5.97 Å². The van der Waals surface area contributed by atoms with Crippen LogP contribution in [0.2, 0.25) is 0 Å². The molecular weight excluding hydrogens is 530 g/mol. The number of hydrogen-bond acceptors (Lipinski definition) is 9. The number of nitro benzene ring substituents is 1. The minimum absolute atomic E-state index is 0.00959. The van der Waals surface area contributed by atoms with Crippen molar-refractivity contribution in [1.82, 2.24) is 15.2 Å². The molecule has 0 bridgehead atoms. The second-order valence-electron chi connectivity index (χ2n) is 9.08. The third kappa shape index (κ3) is 5.94. The van der Waals surface area contributed by atoms with Crippen molar-refractivity contribution in [3.05, 3.63) is 128 Å². The van der Waals surface area contributed by atoms with Gasteiger partial charge in [0.1, 0.15) is 6.61 Å². The number of carbonyl (C=O) groups excluding carboxylic acids is 2. The number of benzene rings is 2. The van der Waals surface area contributed by atoms with Crippen molar-refractivity contribution in [2.45, 2.75) is 32.5 Å². The van der Waals surface area contributed by atoms with E-state index >= 15 is 0 Å². The van der Waals surface area contributed by atoms with E-state index in [2.05, 4.69) is 15.3 Å². The van der Waals surface area contributed by atoms with Crippen LogP contribution in [0.1, 0.15) is 36.2 Å². The molecule has 3 aromatic rings. The first-order valence-corrected chi connectivity index (χ1v) is 13.3. The highest BCUT2D eigenvalue weighted by atomic mass is 32.2. The molecule has 1 N–H and O–H groups in total. The maximum absolute atomic E-state index is 13.5. The van der Waals surface area contributed by atoms with Crippen molar-refractivity contribution in [3.8, 4) is 0 Å². The van der Waals surface area contributed by atoms with Crippen molar-refractivity contribution in [1.29, 1.82) is 0 Å². The molecule has 11 heteroatoms. The molecule has 1 unspecified atom stereocenters. The van der Waals surface area contributed by atoms with Crippen LogP contribution in [0.25, 0.3) is 0 Å². The molecule has 0 fully saturated rings. The molecule has 0 saturated carbocycles. The van der Waals surface area contributed by atoms with Gasteiger partial charge in [-0.2, -0.15) is 0 Å². The molecule has 5 rings (SSSR count). The SMILES string of the molecule is CC1=C(C(=O)OCc2ccccc2)C(c2cccc([N+](=O)[O-])c2)N2C(CC(=O)NCc3ccccn3)=CSC2=N1. The third-order valence-corrected chi connectivity index (χ3v) is 7.25. The summed E-state index contributed by atoms with van der Waals surface area (Å²) in [5.41, 5.74) is 3.26. The highest BCUT2D eigenvalue weighted by Gasteiger charge is 2.41. The largest absolute Gasteiger partial charge is 0.457 e. The van der Waals surface area contributed by atoms with Crippen LogP contribution in [0.3, 0.4) is 0 Å². The number of rotatable bonds is 9. The fourth-order valence-electron chi connectivity index (χ4n) is 4.47. The van der Waals surface area contributed by atoms with Crippen LogP contribution in [0, 0.1) is 10.1 Å². The first-order chi connectivity index (χ1) is 19.4. The van der Waals surface area contributed by atoms with E-state index in [1.165, 1.54) is 23.9 Å². The fraction of sp³-hybridized carbons (Fsp3) is 0.172. The number of carbonyl (C=O) groups is 2. The van der Waals surface area contributed by atoms with Gasteiger partial charge in [0, 0.05) is 24.0 Å². The van der Waals surface area contributed by atoms with Gasteiger partial charge in [0.25, 0.3) is 5.69 Å². The van der Waals surface area contributed by atoms with Gasteiger partial charge in [0.2, 0.25) is 5.91 Å². The number of aliphatic imine (C=N–C) groups is 1. The minimum atomic E-state index is -0.777. The summed E-state index contributed by atoms with van der Waals surface area (Å²) in [5.74, 6) is -0.826. The van der Waals surface area contributed by atoms with Crippen LogP contribution in [-0.4, -0.2) is 31.9 Å². The van der Waals surface area contributed by atoms with Crippen LogP contribution in [0.5, 0.6) is 0 Å². The van der Waals surface area contributed by atoms with Crippen molar-refractivity contribution in [2.75, 3.05) is 0 Å². The molecule has 1 amide bonds. The lowest BCUT2D eigenvalue weighted by atomic mass is 9.93. The zero-order valence-electron chi connectivity index (χ0n) is 21.5. The van der Waals surface area contributed by atoms with Crippen LogP contribution in [0.15, 0.2) is 106 Å². The standard InChI is InChI=1S/C29H25N5O5S/c1-19-26(28(36)39-17-20-8-3-2-4-9-20)27(21-10-7-12-23(14-21)34(37)38)33-24(18-40-29(33)32-19)15-25(35)31-16-22-11-5-6-13-30-22/h2-14,18,27H,15-17H2,1H3,(H,31,35). The van der Waals surface area contributed by atoms with Crippen molar-refractivity contribution >= 4 is 34.5 Å². The number of pyridine rings is 1. The summed E-state index contributed by atoms with van der Waals surface area (Å²) < 4.78 is 5.68. The van der Waals surface area contributed by atoms with E-state index in [9.17, 15) is 19.7 Å². The van der Waals surface area contributed by atoms with Crippen LogP contribution >= 0.6 is 11.8 Å². The monoisotopic (exact) mass is 555 g/mol. The van der Waals surface area contributed by atoms with Gasteiger partial charge in [0.15, 0.2) is 5.17 Å². The average molecular weight is 556 g/mol. The van der Waals surface area contributed by atoms with Crippen molar-refractivity contribution < 1.29 is 19.2 Å². The Morgan fingerprint density at radius 3 is 2.65 bits per heavy atom. The molecular formula is C29H25N5O5S. The number of nitrogens with zero attached hydrogens (tertiary/aromatic N) is 4. The molecule has 2 aliphatic heterocycles. The van der Waals surface area contributed by atoms with Crippen LogP contribution in [0.4, 0.5) is 5.69 Å². The lowest BCUT2D eigenvalue weighted by Gasteiger charge is -2.36. The lowest BCUT2D eigenvalue weighted by Crippen LogP contribution is -2.38. The first kappa shape index (κ1) is 26.8. The Bertz CT molecular complexity index is 1540. The Kier molecular flexibility index (Phi) is 8.02. The van der Waals surface area contributed by atoms with Crippen LogP contribution in [-0.2, 0) is 27.5 Å². The maximum atomic E-state index is 13.5. The van der Waals surface area contributed by atoms with Crippen molar-refractivity contribution in [2.24, 2.45) is 4.99 Å². The molecule has 3 heterocycles. The summed E-state index contributed by atoms with van der Waals surface area (Å²) in [4.78, 5) is 48.2. The number of fused-ring (bicyclic) bond motifs is 1. The number of nitrogens with one attached hydrogen (secondary N) is 1. The predicted octanol–water partition coefficient (Wildman–Crippen LogP) is 5.01. The Morgan fingerprint density at radius 2 is 1.90 bits per heavy atom. The van der Waals surface area contributed by atoms with E-state index in [4.69, 9.17) is 4.74 Å². The Morgan fingerprint density at radius 1 is 1.10 bits per heavy atom. The number of aromatic nitrogens is 1. The van der Waals surface area contributed by atoms with Gasteiger partial charge in [-0.05, 0) is 35.6 Å². The number of esters is 1. The normalized spacial score (nSPS) is 16.1. The minimum Gasteiger partial charge on any atom is -0.457 e. The van der Waals surface area contributed by atoms with Gasteiger partial charge in [-0.1, -0.05) is 60.3 Å². The summed E-state index contributed by atoms with van der Waals surface area (Å²) in [6.45, 7) is 2.04. The Balaban J connectivity index is 1.44. The molecule has 0 saturated heterocycles. The van der Waals surface area contributed by atoms with Gasteiger partial charge in [-0.3, -0.25) is 19.9 Å². The summed E-state index contributed by atoms with van der Waals surface area (Å²) in [6, 6.07) is 20.1. The predicted molar refractivity (Wildman–Crippen MR) is 150 cm³/mol. The number of nitro groups is 1. The summed E-state index contributed by atoms with van der Waals surface area (Å²) >= 11 is 1.33. The van der Waals surface area contributed by atoms with E-state index < -0.39 is 16.9 Å². The molecule has 0 spiro atoms. The molecule has 0 radical (unpaired) electrons. The van der Waals surface area contributed by atoms with Gasteiger partial charge < -0.3 is 15.0 Å². The quantitative estimate of drug-likeness (QED) is 0.222. The first-order valence-electron chi connectivity index (χ1n) is 12.5. The Labute approximate surface area is 234 Å². The lowest BCUT2D eigenvalue weighted by molar-refractivity contribution is -0.384. The van der Waals surface area contributed by atoms with Gasteiger partial charge in [-0.25, -0.2) is 9.79 Å². The van der Waals surface area contributed by atoms with E-state index in [0.29, 0.717) is 22.1 Å². The highest BCUT2D eigenvalue weighted by Crippen LogP contribution is 2.45. The zero-order valence-corrected chi connectivity index (χ0v) is 22.3. The number of hydrogen-bond donors (Lipinski definition) is 1. The smallest absolute Gasteiger partial charge is 0.338 e. The van der Waals surface area contributed by atoms with E-state index in [1.807, 2.05) is 47.9 Å². The topological polar surface area (TPSA) is 127 Å². The van der Waals surface area contributed by atoms with Crippen LogP contribution < -0.4 is 5.32 Å². The molecule has 10 nitrogen and oxygen atoms in total. The molecule has 40 heavy (non-hydrogen) atoms. The molecule has 202 valence electrons.